The molecular formula is C9H14N4O2S. The largest absolute Gasteiger partial charge is 0.369 e. The number of nitrogens with two attached hydrogens (primary N) is 2. The summed E-state index contributed by atoms with van der Waals surface area (Å²) >= 11 is 1.31. The molecule has 88 valence electrons. The number of hydrogen-bond acceptors (Lipinski definition) is 5. The van der Waals surface area contributed by atoms with Crippen molar-refractivity contribution in [3.8, 4) is 0 Å². The number of thiophene rings is 1. The second-order valence-electron chi connectivity index (χ2n) is 3.39. The number of primary amides is 1. The van der Waals surface area contributed by atoms with Gasteiger partial charge in [-0.1, -0.05) is 0 Å². The van der Waals surface area contributed by atoms with Gasteiger partial charge in [-0.3, -0.25) is 19.9 Å². The van der Waals surface area contributed by atoms with Crippen LogP contribution in [0.25, 0.3) is 0 Å². The zero-order valence-electron chi connectivity index (χ0n) is 8.90. The fourth-order valence-electron chi connectivity index (χ4n) is 1.34. The fraction of sp³-hybridized carbons (Fsp3) is 0.333. The number of hydrazine groups is 1. The lowest BCUT2D eigenvalue weighted by atomic mass is 10.2. The zero-order valence-corrected chi connectivity index (χ0v) is 9.71. The Kier molecular flexibility index (Phi) is 4.41. The van der Waals surface area contributed by atoms with Crippen LogP contribution in [0.5, 0.6) is 0 Å². The maximum Gasteiger partial charge on any atom is 0.275 e. The minimum absolute atomic E-state index is 0.152. The van der Waals surface area contributed by atoms with E-state index in [9.17, 15) is 9.59 Å². The molecule has 0 aliphatic heterocycles. The van der Waals surface area contributed by atoms with Gasteiger partial charge >= 0.3 is 0 Å². The van der Waals surface area contributed by atoms with Crippen molar-refractivity contribution < 1.29 is 9.59 Å². The third-order valence-corrected chi connectivity index (χ3v) is 2.91. The van der Waals surface area contributed by atoms with E-state index in [1.54, 1.807) is 17.3 Å². The van der Waals surface area contributed by atoms with Crippen molar-refractivity contribution in [2.75, 3.05) is 13.6 Å². The summed E-state index contributed by atoms with van der Waals surface area (Å²) in [5.41, 5.74) is 7.98. The molecule has 0 aliphatic carbocycles. The number of nitrogens with zero attached hydrogens (tertiary/aromatic N) is 1. The van der Waals surface area contributed by atoms with Gasteiger partial charge in [0.05, 0.1) is 11.4 Å². The SMILES string of the molecule is CN(CC(N)=O)Cc1ccsc1C(=O)NN. The van der Waals surface area contributed by atoms with Crippen LogP contribution in [0.1, 0.15) is 15.2 Å². The second-order valence-corrected chi connectivity index (χ2v) is 4.30. The number of rotatable bonds is 5. The predicted molar refractivity (Wildman–Crippen MR) is 61.5 cm³/mol. The van der Waals surface area contributed by atoms with Gasteiger partial charge in [-0.25, -0.2) is 5.84 Å². The van der Waals surface area contributed by atoms with Gasteiger partial charge in [0.25, 0.3) is 5.91 Å². The highest BCUT2D eigenvalue weighted by molar-refractivity contribution is 7.12. The van der Waals surface area contributed by atoms with Crippen LogP contribution in [0.15, 0.2) is 11.4 Å². The first kappa shape index (κ1) is 12.6. The molecule has 0 fully saturated rings. The fourth-order valence-corrected chi connectivity index (χ4v) is 2.16. The Morgan fingerprint density at radius 1 is 1.56 bits per heavy atom. The molecule has 0 aliphatic rings. The van der Waals surface area contributed by atoms with E-state index in [1.165, 1.54) is 11.3 Å². The summed E-state index contributed by atoms with van der Waals surface area (Å²) in [6.45, 7) is 0.634. The molecule has 0 spiro atoms. The summed E-state index contributed by atoms with van der Waals surface area (Å²) in [5, 5.41) is 1.80. The molecule has 16 heavy (non-hydrogen) atoms. The number of amides is 2. The predicted octanol–water partition coefficient (Wildman–Crippen LogP) is -0.731. The van der Waals surface area contributed by atoms with Crippen LogP contribution in [-0.2, 0) is 11.3 Å². The molecule has 7 heteroatoms. The maximum absolute atomic E-state index is 11.4. The maximum atomic E-state index is 11.4. The van der Waals surface area contributed by atoms with Crippen molar-refractivity contribution in [1.29, 1.82) is 0 Å². The lowest BCUT2D eigenvalue weighted by Gasteiger charge is -2.14. The molecule has 0 saturated heterocycles. The van der Waals surface area contributed by atoms with Crippen molar-refractivity contribution in [1.82, 2.24) is 10.3 Å². The lowest BCUT2D eigenvalue weighted by molar-refractivity contribution is -0.118. The summed E-state index contributed by atoms with van der Waals surface area (Å²) in [5.74, 6) is 4.34. The van der Waals surface area contributed by atoms with Crippen LogP contribution >= 0.6 is 11.3 Å². The third kappa shape index (κ3) is 3.30. The topological polar surface area (TPSA) is 101 Å². The molecular weight excluding hydrogens is 228 g/mol. The van der Waals surface area contributed by atoms with Crippen LogP contribution in [0.2, 0.25) is 0 Å². The Labute approximate surface area is 97.2 Å². The Balaban J connectivity index is 2.70. The summed E-state index contributed by atoms with van der Waals surface area (Å²) in [4.78, 5) is 24.3. The highest BCUT2D eigenvalue weighted by Gasteiger charge is 2.13. The van der Waals surface area contributed by atoms with Crippen molar-refractivity contribution in [3.05, 3.63) is 21.9 Å². The molecule has 1 rings (SSSR count). The molecule has 0 radical (unpaired) electrons. The van der Waals surface area contributed by atoms with E-state index >= 15 is 0 Å². The van der Waals surface area contributed by atoms with Gasteiger partial charge in [-0.15, -0.1) is 11.3 Å². The normalized spacial score (nSPS) is 10.4. The first-order valence-electron chi connectivity index (χ1n) is 4.58. The van der Waals surface area contributed by atoms with Gasteiger partial charge in [0, 0.05) is 6.54 Å². The van der Waals surface area contributed by atoms with Crippen molar-refractivity contribution in [2.24, 2.45) is 11.6 Å². The van der Waals surface area contributed by atoms with Crippen LogP contribution in [0.3, 0.4) is 0 Å². The molecule has 1 aromatic heterocycles. The minimum atomic E-state index is -0.400. The molecule has 1 heterocycles. The van der Waals surface area contributed by atoms with E-state index in [1.807, 2.05) is 6.07 Å². The molecule has 0 aromatic carbocycles. The number of hydrogen-bond donors (Lipinski definition) is 3. The van der Waals surface area contributed by atoms with E-state index in [-0.39, 0.29) is 12.5 Å². The number of nitrogens with one attached hydrogen (secondary N) is 1. The Morgan fingerprint density at radius 2 is 2.25 bits per heavy atom. The number of carbonyl (C=O) groups excluding carboxylic acids is 2. The first-order valence-corrected chi connectivity index (χ1v) is 5.46. The average Bonchev–Trinajstić information content (AvgIpc) is 2.63. The van der Waals surface area contributed by atoms with Crippen molar-refractivity contribution in [3.63, 3.8) is 0 Å². The van der Waals surface area contributed by atoms with Gasteiger partial charge in [0.1, 0.15) is 0 Å². The van der Waals surface area contributed by atoms with E-state index in [4.69, 9.17) is 11.6 Å². The first-order chi connectivity index (χ1) is 7.54. The molecule has 0 bridgehead atoms. The molecule has 6 nitrogen and oxygen atoms in total. The highest BCUT2D eigenvalue weighted by Crippen LogP contribution is 2.17. The van der Waals surface area contributed by atoms with E-state index in [0.717, 1.165) is 5.56 Å². The number of likely N-dealkylation sites (N-methyl/N-ethyl adjacent to an activating group) is 1. The zero-order chi connectivity index (χ0) is 12.1. The lowest BCUT2D eigenvalue weighted by Crippen LogP contribution is -2.32. The number of carbonyl (C=O) groups is 2. The van der Waals surface area contributed by atoms with Gasteiger partial charge in [-0.05, 0) is 24.1 Å². The second kappa shape index (κ2) is 5.59. The van der Waals surface area contributed by atoms with Gasteiger partial charge < -0.3 is 5.73 Å². The minimum Gasteiger partial charge on any atom is -0.369 e. The Hall–Kier alpha value is -1.44. The standard InChI is InChI=1S/C9H14N4O2S/c1-13(5-7(10)14)4-6-2-3-16-8(6)9(15)12-11/h2-3H,4-5,11H2,1H3,(H2,10,14)(H,12,15). The van der Waals surface area contributed by atoms with Gasteiger partial charge in [0.15, 0.2) is 0 Å². The Bertz CT molecular complexity index is 391. The van der Waals surface area contributed by atoms with Crippen LogP contribution < -0.4 is 17.0 Å². The van der Waals surface area contributed by atoms with E-state index in [0.29, 0.717) is 11.4 Å². The molecule has 0 unspecified atom stereocenters. The smallest absolute Gasteiger partial charge is 0.275 e. The number of nitrogen functional groups attached to an aromatic ring is 1. The van der Waals surface area contributed by atoms with Crippen LogP contribution in [0, 0.1) is 0 Å². The molecule has 0 atom stereocenters. The van der Waals surface area contributed by atoms with E-state index in [2.05, 4.69) is 5.43 Å². The van der Waals surface area contributed by atoms with Gasteiger partial charge in [-0.2, -0.15) is 0 Å². The van der Waals surface area contributed by atoms with Crippen LogP contribution in [0.4, 0.5) is 0 Å². The monoisotopic (exact) mass is 242 g/mol. The average molecular weight is 242 g/mol. The van der Waals surface area contributed by atoms with Gasteiger partial charge in [0.2, 0.25) is 5.91 Å². The summed E-state index contributed by atoms with van der Waals surface area (Å²) in [6, 6.07) is 1.83. The summed E-state index contributed by atoms with van der Waals surface area (Å²) < 4.78 is 0. The molecule has 2 amide bonds. The summed E-state index contributed by atoms with van der Waals surface area (Å²) in [7, 11) is 1.76. The summed E-state index contributed by atoms with van der Waals surface area (Å²) in [6.07, 6.45) is 0. The quantitative estimate of drug-likeness (QED) is 0.360. The van der Waals surface area contributed by atoms with Crippen LogP contribution in [-0.4, -0.2) is 30.3 Å². The molecule has 0 saturated carbocycles. The van der Waals surface area contributed by atoms with Crippen molar-refractivity contribution >= 4 is 23.2 Å². The Morgan fingerprint density at radius 3 is 2.81 bits per heavy atom. The highest BCUT2D eigenvalue weighted by atomic mass is 32.1. The van der Waals surface area contributed by atoms with E-state index < -0.39 is 5.91 Å². The van der Waals surface area contributed by atoms with Crippen molar-refractivity contribution in [2.45, 2.75) is 6.54 Å². The molecule has 1 aromatic rings. The third-order valence-electron chi connectivity index (χ3n) is 1.95. The molecule has 5 N–H and O–H groups in total.